The molecule has 12 atom stereocenters. The van der Waals surface area contributed by atoms with Gasteiger partial charge in [0.15, 0.2) is 12.6 Å². The van der Waals surface area contributed by atoms with E-state index in [-0.39, 0.29) is 25.0 Å². The number of rotatable bonds is 38. The van der Waals surface area contributed by atoms with Crippen LogP contribution in [-0.2, 0) is 33.3 Å². The smallest absolute Gasteiger partial charge is 0.305 e. The van der Waals surface area contributed by atoms with Crippen LogP contribution in [0.2, 0.25) is 0 Å². The molecule has 8 N–H and O–H groups in total. The molecule has 2 fully saturated rings. The maximum atomic E-state index is 12.5. The second-order valence-corrected chi connectivity index (χ2v) is 18.3. The molecule has 0 amide bonds. The first-order chi connectivity index (χ1) is 30.4. The van der Waals surface area contributed by atoms with Crippen molar-refractivity contribution in [2.24, 2.45) is 0 Å². The molecule has 0 bridgehead atoms. The quantitative estimate of drug-likeness (QED) is 0.0255. The van der Waals surface area contributed by atoms with Crippen molar-refractivity contribution in [1.82, 2.24) is 0 Å². The lowest BCUT2D eigenvalue weighted by Gasteiger charge is -2.44. The van der Waals surface area contributed by atoms with Crippen LogP contribution < -0.4 is 0 Å². The van der Waals surface area contributed by atoms with Crippen LogP contribution in [0.5, 0.6) is 0 Å². The lowest BCUT2D eigenvalue weighted by atomic mass is 9.98. The highest BCUT2D eigenvalue weighted by Gasteiger charge is 2.50. The summed E-state index contributed by atoms with van der Waals surface area (Å²) in [7, 11) is 0. The summed E-state index contributed by atoms with van der Waals surface area (Å²) in [6.07, 6.45) is 12.0. The van der Waals surface area contributed by atoms with Crippen molar-refractivity contribution in [2.75, 3.05) is 13.2 Å². The molecule has 0 aromatic rings. The van der Waals surface area contributed by atoms with E-state index >= 15 is 0 Å². The summed E-state index contributed by atoms with van der Waals surface area (Å²) in [4.78, 5) is 25.0. The lowest BCUT2D eigenvalue weighted by molar-refractivity contribution is -0.376. The summed E-state index contributed by atoms with van der Waals surface area (Å²) in [6, 6.07) is 0. The van der Waals surface area contributed by atoms with E-state index in [0.717, 1.165) is 89.9 Å². The molecule has 2 aliphatic rings. The molecule has 0 aliphatic carbocycles. The van der Waals surface area contributed by atoms with Gasteiger partial charge in [0.05, 0.1) is 12.2 Å². The second-order valence-electron chi connectivity index (χ2n) is 18.3. The first-order valence-corrected chi connectivity index (χ1v) is 25.1. The van der Waals surface area contributed by atoms with E-state index in [9.17, 15) is 50.4 Å². The molecule has 15 heteroatoms. The Morgan fingerprint density at radius 3 is 1.02 bits per heavy atom. The molecular weight excluding hydrogens is 817 g/mol. The van der Waals surface area contributed by atoms with Crippen LogP contribution in [0.25, 0.3) is 0 Å². The van der Waals surface area contributed by atoms with Gasteiger partial charge >= 0.3 is 11.9 Å². The molecular formula is C48H90O15. The Labute approximate surface area is 378 Å². The Kier molecular flexibility index (Phi) is 32.6. The summed E-state index contributed by atoms with van der Waals surface area (Å²) < 4.78 is 27.4. The predicted octanol–water partition coefficient (Wildman–Crippen LogP) is 6.17. The Morgan fingerprint density at radius 2 is 0.698 bits per heavy atom. The molecule has 0 spiro atoms. The van der Waals surface area contributed by atoms with Crippen LogP contribution in [0, 0.1) is 0 Å². The summed E-state index contributed by atoms with van der Waals surface area (Å²) >= 11 is 0. The number of carbonyl (C=O) groups excluding carboxylic acids is 2. The van der Waals surface area contributed by atoms with Crippen LogP contribution in [0.3, 0.4) is 0 Å². The predicted molar refractivity (Wildman–Crippen MR) is 238 cm³/mol. The van der Waals surface area contributed by atoms with Gasteiger partial charge in [-0.3, -0.25) is 9.59 Å². The van der Waals surface area contributed by atoms with Crippen molar-refractivity contribution in [2.45, 2.75) is 280 Å². The fourth-order valence-electron chi connectivity index (χ4n) is 8.28. The second kappa shape index (κ2) is 35.7. The van der Waals surface area contributed by atoms with Crippen molar-refractivity contribution >= 4 is 11.9 Å². The average molecular weight is 907 g/mol. The van der Waals surface area contributed by atoms with Crippen molar-refractivity contribution < 1.29 is 74.1 Å². The molecule has 0 radical (unpaired) electrons. The van der Waals surface area contributed by atoms with Gasteiger partial charge in [0.25, 0.3) is 0 Å². The third-order valence-corrected chi connectivity index (χ3v) is 12.5. The fourth-order valence-corrected chi connectivity index (χ4v) is 8.28. The third-order valence-electron chi connectivity index (χ3n) is 12.5. The molecule has 63 heavy (non-hydrogen) atoms. The first kappa shape index (κ1) is 57.6. The first-order valence-electron chi connectivity index (χ1n) is 25.1. The molecule has 2 heterocycles. The fraction of sp³-hybridized carbons (Fsp3) is 0.958. The van der Waals surface area contributed by atoms with Gasteiger partial charge in [-0.1, -0.05) is 155 Å². The zero-order valence-electron chi connectivity index (χ0n) is 39.0. The zero-order chi connectivity index (χ0) is 46.2. The number of esters is 2. The van der Waals surface area contributed by atoms with Crippen LogP contribution in [0.1, 0.15) is 206 Å². The van der Waals surface area contributed by atoms with E-state index < -0.39 is 86.6 Å². The molecule has 372 valence electrons. The van der Waals surface area contributed by atoms with Crippen molar-refractivity contribution in [1.29, 1.82) is 0 Å². The number of hydrogen-bond acceptors (Lipinski definition) is 15. The molecule has 2 rings (SSSR count). The Hall–Kier alpha value is -1.50. The normalized spacial score (nSPS) is 27.3. The van der Waals surface area contributed by atoms with Gasteiger partial charge in [0, 0.05) is 12.8 Å². The summed E-state index contributed by atoms with van der Waals surface area (Å²) in [6.45, 7) is 3.50. The molecule has 0 aromatic carbocycles. The molecule has 2 aliphatic heterocycles. The third kappa shape index (κ3) is 25.3. The van der Waals surface area contributed by atoms with Crippen LogP contribution in [0.4, 0.5) is 0 Å². The number of carbonyl (C=O) groups is 2. The van der Waals surface area contributed by atoms with Gasteiger partial charge in [-0.15, -0.1) is 0 Å². The number of hydrogen-bond donors (Lipinski definition) is 8. The standard InChI is InChI=1S/C48H90O15/c1-3-5-7-9-11-13-15-21-27-35(49)29-23-17-19-25-31-39(51)59-33-37-41(53)43(55)45(57)47(61-37)63-48-46(58)44(56)42(54)38(62-48)34-60-40(52)32-26-20-18-24-30-36(50)28-22-16-14-12-10-8-6-4-2/h35-38,41-50,53-58H,3-34H2,1-2H3/t35?,36?,37-,38+,41-,42+,43+,44-,45-,46+,47-,48+. The minimum Gasteiger partial charge on any atom is -0.463 e. The van der Waals surface area contributed by atoms with E-state index in [1.54, 1.807) is 0 Å². The summed E-state index contributed by atoms with van der Waals surface area (Å²) in [5.74, 6) is -1.09. The van der Waals surface area contributed by atoms with E-state index in [4.69, 9.17) is 23.7 Å². The molecule has 2 saturated heterocycles. The zero-order valence-corrected chi connectivity index (χ0v) is 39.0. The maximum Gasteiger partial charge on any atom is 0.305 e. The Morgan fingerprint density at radius 1 is 0.413 bits per heavy atom. The minimum absolute atomic E-state index is 0.119. The summed E-state index contributed by atoms with van der Waals surface area (Å²) in [5, 5.41) is 84.0. The number of aliphatic hydroxyl groups is 8. The van der Waals surface area contributed by atoms with E-state index in [1.807, 2.05) is 0 Å². The highest BCUT2D eigenvalue weighted by atomic mass is 16.8. The Balaban J connectivity index is 1.64. The lowest BCUT2D eigenvalue weighted by Crippen LogP contribution is -2.64. The molecule has 2 unspecified atom stereocenters. The number of aliphatic hydroxyl groups excluding tert-OH is 8. The van der Waals surface area contributed by atoms with Gasteiger partial charge in [0.2, 0.25) is 0 Å². The van der Waals surface area contributed by atoms with Gasteiger partial charge in [0.1, 0.15) is 62.0 Å². The van der Waals surface area contributed by atoms with Gasteiger partial charge < -0.3 is 64.5 Å². The SMILES string of the molecule is CCCCCCCCCCC(O)CCCCCCC(=O)OC[C@@H]1O[C@@H](O[C@H]2O[C@H](COC(=O)CCCCCCC(O)CCCCCCCCCC)[C@@H](O)[C@H](O)[C@H]2O)[C@@H](O)[C@H](O)[C@H]1O. The highest BCUT2D eigenvalue weighted by Crippen LogP contribution is 2.29. The van der Waals surface area contributed by atoms with Crippen molar-refractivity contribution in [3.05, 3.63) is 0 Å². The van der Waals surface area contributed by atoms with Gasteiger partial charge in [-0.2, -0.15) is 0 Å². The van der Waals surface area contributed by atoms with Crippen molar-refractivity contribution in [3.8, 4) is 0 Å². The van der Waals surface area contributed by atoms with Crippen molar-refractivity contribution in [3.63, 3.8) is 0 Å². The van der Waals surface area contributed by atoms with Gasteiger partial charge in [-0.05, 0) is 38.5 Å². The van der Waals surface area contributed by atoms with E-state index in [0.29, 0.717) is 12.8 Å². The number of unbranched alkanes of at least 4 members (excludes halogenated alkanes) is 20. The molecule has 0 aromatic heterocycles. The van der Waals surface area contributed by atoms with Crippen LogP contribution >= 0.6 is 0 Å². The number of ether oxygens (including phenoxy) is 5. The highest BCUT2D eigenvalue weighted by molar-refractivity contribution is 5.69. The molecule has 15 nitrogen and oxygen atoms in total. The van der Waals surface area contributed by atoms with Crippen LogP contribution in [-0.4, -0.2) is 140 Å². The average Bonchev–Trinajstić information content (AvgIpc) is 3.27. The topological polar surface area (TPSA) is 242 Å². The van der Waals surface area contributed by atoms with Crippen LogP contribution in [0.15, 0.2) is 0 Å². The van der Waals surface area contributed by atoms with Gasteiger partial charge in [-0.25, -0.2) is 0 Å². The van der Waals surface area contributed by atoms with E-state index in [2.05, 4.69) is 13.8 Å². The monoisotopic (exact) mass is 907 g/mol. The largest absolute Gasteiger partial charge is 0.463 e. The maximum absolute atomic E-state index is 12.5. The minimum atomic E-state index is -1.83. The Bertz CT molecular complexity index is 1050. The van der Waals surface area contributed by atoms with E-state index in [1.165, 1.54) is 77.0 Å². The summed E-state index contributed by atoms with van der Waals surface area (Å²) in [5.41, 5.74) is 0. The molecule has 0 saturated carbocycles.